The molecular weight excluding hydrogens is 382 g/mol. The van der Waals surface area contributed by atoms with Gasteiger partial charge in [0, 0.05) is 18.8 Å². The van der Waals surface area contributed by atoms with Crippen LogP contribution in [0.25, 0.3) is 10.2 Å². The third-order valence-electron chi connectivity index (χ3n) is 4.96. The van der Waals surface area contributed by atoms with E-state index in [1.165, 1.54) is 24.0 Å². The first-order chi connectivity index (χ1) is 13.0. The van der Waals surface area contributed by atoms with Crippen LogP contribution in [0.5, 0.6) is 0 Å². The molecule has 1 atom stereocenters. The lowest BCUT2D eigenvalue weighted by Crippen LogP contribution is -2.38. The molecule has 3 aromatic rings. The van der Waals surface area contributed by atoms with Crippen LogP contribution in [0.3, 0.4) is 0 Å². The number of fused-ring (bicyclic) bond motifs is 1. The van der Waals surface area contributed by atoms with E-state index in [1.54, 1.807) is 18.5 Å². The number of carbonyl (C=O) groups is 1. The number of anilines is 2. The maximum absolute atomic E-state index is 12.8. The molecule has 1 aliphatic rings. The highest BCUT2D eigenvalue weighted by molar-refractivity contribution is 7.20. The fourth-order valence-electron chi connectivity index (χ4n) is 3.52. The molecule has 1 unspecified atom stereocenters. The molecule has 1 N–H and O–H groups in total. The van der Waals surface area contributed by atoms with Gasteiger partial charge in [-0.05, 0) is 50.8 Å². The van der Waals surface area contributed by atoms with Crippen LogP contribution in [0.15, 0.2) is 24.7 Å². The number of aryl methyl sites for hydroxylation is 1. The standard InChI is InChI=1S/C19H20ClN5OS/c1-11-5-3-4-8-25(11)17-15-12(2)16(27-19(15)23-10-22-17)18(26)24-14-7-6-13(20)9-21-14/h6-7,9-11H,3-5,8H2,1-2H3,(H,21,24,26). The Morgan fingerprint density at radius 1 is 1.30 bits per heavy atom. The highest BCUT2D eigenvalue weighted by Crippen LogP contribution is 2.37. The first kappa shape index (κ1) is 18.1. The van der Waals surface area contributed by atoms with Gasteiger partial charge in [0.1, 0.15) is 22.8 Å². The molecule has 27 heavy (non-hydrogen) atoms. The Morgan fingerprint density at radius 3 is 2.89 bits per heavy atom. The highest BCUT2D eigenvalue weighted by Gasteiger charge is 2.25. The van der Waals surface area contributed by atoms with Crippen LogP contribution >= 0.6 is 22.9 Å². The fourth-order valence-corrected chi connectivity index (χ4v) is 4.67. The van der Waals surface area contributed by atoms with Crippen molar-refractivity contribution in [3.05, 3.63) is 40.1 Å². The van der Waals surface area contributed by atoms with E-state index in [-0.39, 0.29) is 5.91 Å². The molecule has 1 aliphatic heterocycles. The van der Waals surface area contributed by atoms with Crippen LogP contribution in [0.1, 0.15) is 41.4 Å². The maximum atomic E-state index is 12.8. The predicted molar refractivity (Wildman–Crippen MR) is 110 cm³/mol. The Balaban J connectivity index is 1.70. The average Bonchev–Trinajstić information content (AvgIpc) is 3.01. The number of carbonyl (C=O) groups excluding carboxylic acids is 1. The van der Waals surface area contributed by atoms with Crippen LogP contribution in [0.2, 0.25) is 5.02 Å². The monoisotopic (exact) mass is 401 g/mol. The Bertz CT molecular complexity index is 988. The van der Waals surface area contributed by atoms with E-state index in [9.17, 15) is 4.79 Å². The van der Waals surface area contributed by atoms with Gasteiger partial charge in [0.05, 0.1) is 15.3 Å². The van der Waals surface area contributed by atoms with Crippen LogP contribution in [0, 0.1) is 6.92 Å². The molecule has 0 bridgehead atoms. The van der Waals surface area contributed by atoms with E-state index in [2.05, 4.69) is 32.1 Å². The van der Waals surface area contributed by atoms with Gasteiger partial charge in [0.2, 0.25) is 0 Å². The molecule has 0 radical (unpaired) electrons. The zero-order valence-corrected chi connectivity index (χ0v) is 16.8. The van der Waals surface area contributed by atoms with E-state index >= 15 is 0 Å². The SMILES string of the molecule is Cc1c(C(=O)Nc2ccc(Cl)cn2)sc2ncnc(N3CCCCC3C)c12. The van der Waals surface area contributed by atoms with E-state index in [1.807, 2.05) is 6.92 Å². The second-order valence-corrected chi connectivity index (χ2v) is 8.22. The van der Waals surface area contributed by atoms with Gasteiger partial charge in [0.25, 0.3) is 5.91 Å². The van der Waals surface area contributed by atoms with Gasteiger partial charge in [-0.2, -0.15) is 0 Å². The minimum atomic E-state index is -0.192. The quantitative estimate of drug-likeness (QED) is 0.689. The summed E-state index contributed by atoms with van der Waals surface area (Å²) in [5.41, 5.74) is 0.912. The minimum absolute atomic E-state index is 0.192. The Hall–Kier alpha value is -2.25. The number of hydrogen-bond acceptors (Lipinski definition) is 6. The normalized spacial score (nSPS) is 17.3. The lowest BCUT2D eigenvalue weighted by molar-refractivity contribution is 0.102. The van der Waals surface area contributed by atoms with E-state index in [0.29, 0.717) is 21.8 Å². The van der Waals surface area contributed by atoms with Gasteiger partial charge in [-0.1, -0.05) is 11.6 Å². The number of amides is 1. The molecule has 0 aliphatic carbocycles. The number of nitrogens with one attached hydrogen (secondary N) is 1. The first-order valence-corrected chi connectivity index (χ1v) is 10.2. The van der Waals surface area contributed by atoms with Crippen molar-refractivity contribution in [3.8, 4) is 0 Å². The van der Waals surface area contributed by atoms with E-state index in [4.69, 9.17) is 11.6 Å². The number of aromatic nitrogens is 3. The third kappa shape index (κ3) is 3.49. The van der Waals surface area contributed by atoms with Crippen molar-refractivity contribution < 1.29 is 4.79 Å². The fraction of sp³-hybridized carbons (Fsp3) is 0.368. The molecule has 1 amide bonds. The summed E-state index contributed by atoms with van der Waals surface area (Å²) >= 11 is 7.24. The number of thiophene rings is 1. The summed E-state index contributed by atoms with van der Waals surface area (Å²) in [6, 6.07) is 3.82. The second kappa shape index (κ2) is 7.40. The third-order valence-corrected chi connectivity index (χ3v) is 6.38. The van der Waals surface area contributed by atoms with Gasteiger partial charge >= 0.3 is 0 Å². The molecular formula is C19H20ClN5OS. The lowest BCUT2D eigenvalue weighted by atomic mass is 10.0. The summed E-state index contributed by atoms with van der Waals surface area (Å²) in [5, 5.41) is 4.34. The van der Waals surface area contributed by atoms with Crippen molar-refractivity contribution in [1.29, 1.82) is 0 Å². The van der Waals surface area contributed by atoms with Crippen LogP contribution in [-0.4, -0.2) is 33.4 Å². The molecule has 0 spiro atoms. The molecule has 4 rings (SSSR count). The zero-order valence-electron chi connectivity index (χ0n) is 15.2. The van der Waals surface area contributed by atoms with Crippen molar-refractivity contribution in [2.45, 2.75) is 39.2 Å². The van der Waals surface area contributed by atoms with Crippen molar-refractivity contribution in [2.75, 3.05) is 16.8 Å². The highest BCUT2D eigenvalue weighted by atomic mass is 35.5. The van der Waals surface area contributed by atoms with Crippen molar-refractivity contribution in [2.24, 2.45) is 0 Å². The topological polar surface area (TPSA) is 71.0 Å². The molecule has 6 nitrogen and oxygen atoms in total. The van der Waals surface area contributed by atoms with Gasteiger partial charge < -0.3 is 10.2 Å². The molecule has 0 saturated carbocycles. The number of halogens is 1. The first-order valence-electron chi connectivity index (χ1n) is 8.98. The Morgan fingerprint density at radius 2 is 2.15 bits per heavy atom. The van der Waals surface area contributed by atoms with Crippen molar-refractivity contribution in [1.82, 2.24) is 15.0 Å². The Labute approximate surface area is 166 Å². The van der Waals surface area contributed by atoms with Gasteiger partial charge in [-0.15, -0.1) is 11.3 Å². The molecule has 4 heterocycles. The lowest BCUT2D eigenvalue weighted by Gasteiger charge is -2.34. The summed E-state index contributed by atoms with van der Waals surface area (Å²) in [7, 11) is 0. The van der Waals surface area contributed by atoms with Crippen LogP contribution < -0.4 is 10.2 Å². The van der Waals surface area contributed by atoms with E-state index < -0.39 is 0 Å². The van der Waals surface area contributed by atoms with Gasteiger partial charge in [-0.25, -0.2) is 15.0 Å². The second-order valence-electron chi connectivity index (χ2n) is 6.79. The van der Waals surface area contributed by atoms with Crippen molar-refractivity contribution >= 4 is 50.7 Å². The van der Waals surface area contributed by atoms with Gasteiger partial charge in [0.15, 0.2) is 0 Å². The predicted octanol–water partition coefficient (Wildman–Crippen LogP) is 4.68. The number of rotatable bonds is 3. The van der Waals surface area contributed by atoms with Crippen LogP contribution in [0.4, 0.5) is 11.6 Å². The smallest absolute Gasteiger partial charge is 0.267 e. The average molecular weight is 402 g/mol. The van der Waals surface area contributed by atoms with Crippen LogP contribution in [-0.2, 0) is 0 Å². The summed E-state index contributed by atoms with van der Waals surface area (Å²) in [5.74, 6) is 1.21. The van der Waals surface area contributed by atoms with Crippen molar-refractivity contribution in [3.63, 3.8) is 0 Å². The number of hydrogen-bond donors (Lipinski definition) is 1. The molecule has 1 saturated heterocycles. The van der Waals surface area contributed by atoms with Gasteiger partial charge in [-0.3, -0.25) is 4.79 Å². The summed E-state index contributed by atoms with van der Waals surface area (Å²) < 4.78 is 0. The number of nitrogens with zero attached hydrogens (tertiary/aromatic N) is 4. The van der Waals surface area contributed by atoms with E-state index in [0.717, 1.165) is 41.0 Å². The summed E-state index contributed by atoms with van der Waals surface area (Å²) in [4.78, 5) is 29.7. The number of piperidine rings is 1. The molecule has 3 aromatic heterocycles. The zero-order chi connectivity index (χ0) is 19.0. The molecule has 8 heteroatoms. The summed E-state index contributed by atoms with van der Waals surface area (Å²) in [6.07, 6.45) is 6.67. The largest absolute Gasteiger partial charge is 0.353 e. The molecule has 0 aromatic carbocycles. The molecule has 1 fully saturated rings. The minimum Gasteiger partial charge on any atom is -0.353 e. The Kier molecular flexibility index (Phi) is 4.97. The molecule has 140 valence electrons. The number of pyridine rings is 1. The maximum Gasteiger partial charge on any atom is 0.267 e. The summed E-state index contributed by atoms with van der Waals surface area (Å²) in [6.45, 7) is 5.18.